The van der Waals surface area contributed by atoms with Gasteiger partial charge < -0.3 is 15.3 Å². The van der Waals surface area contributed by atoms with E-state index in [1.165, 1.54) is 6.92 Å². The summed E-state index contributed by atoms with van der Waals surface area (Å²) in [7, 11) is 0. The van der Waals surface area contributed by atoms with Gasteiger partial charge in [0.05, 0.1) is 19.1 Å². The minimum atomic E-state index is -1.48. The third-order valence-corrected chi connectivity index (χ3v) is 2.40. The smallest absolute Gasteiger partial charge is 0.335 e. The lowest BCUT2D eigenvalue weighted by Crippen LogP contribution is -2.38. The van der Waals surface area contributed by atoms with Crippen molar-refractivity contribution in [2.45, 2.75) is 25.6 Å². The zero-order valence-electron chi connectivity index (χ0n) is 9.66. The Balaban J connectivity index is 2.95. The van der Waals surface area contributed by atoms with E-state index in [0.717, 1.165) is 6.20 Å². The quantitative estimate of drug-likeness (QED) is 0.475. The molecule has 0 aromatic carbocycles. The number of hydrogen-bond donors (Lipinski definition) is 4. The number of aromatic nitrogens is 2. The highest BCUT2D eigenvalue weighted by Gasteiger charge is 2.20. The van der Waals surface area contributed by atoms with Gasteiger partial charge in [-0.2, -0.15) is 0 Å². The molecule has 1 aromatic rings. The van der Waals surface area contributed by atoms with Crippen LogP contribution < -0.4 is 11.2 Å². The number of aliphatic hydroxyl groups is 3. The SMILES string of the molecule is Cc1cn(C(=O)CC(O)C(O)CO)c(=O)[nH]c1=O. The van der Waals surface area contributed by atoms with Gasteiger partial charge in [0.2, 0.25) is 5.91 Å². The summed E-state index contributed by atoms with van der Waals surface area (Å²) in [5, 5.41) is 27.0. The van der Waals surface area contributed by atoms with E-state index >= 15 is 0 Å². The predicted octanol–water partition coefficient (Wildman–Crippen LogP) is -2.41. The molecule has 4 N–H and O–H groups in total. The first-order chi connectivity index (χ1) is 8.36. The molecule has 0 fully saturated rings. The number of nitrogens with zero attached hydrogens (tertiary/aromatic N) is 1. The first-order valence-electron chi connectivity index (χ1n) is 5.19. The molecule has 0 aliphatic carbocycles. The summed E-state index contributed by atoms with van der Waals surface area (Å²) < 4.78 is 0.643. The maximum Gasteiger partial charge on any atom is 0.335 e. The Hall–Kier alpha value is -1.77. The Bertz CT molecular complexity index is 546. The normalized spacial score (nSPS) is 14.2. The van der Waals surface area contributed by atoms with Crippen LogP contribution in [0.5, 0.6) is 0 Å². The molecule has 0 spiro atoms. The molecule has 2 unspecified atom stereocenters. The number of carbonyl (C=O) groups is 1. The van der Waals surface area contributed by atoms with E-state index in [1.807, 2.05) is 4.98 Å². The topological polar surface area (TPSA) is 133 Å². The van der Waals surface area contributed by atoms with Crippen LogP contribution in [0, 0.1) is 6.92 Å². The molecule has 0 bridgehead atoms. The molecular weight excluding hydrogens is 244 g/mol. The number of carbonyl (C=O) groups excluding carboxylic acids is 1. The highest BCUT2D eigenvalue weighted by molar-refractivity contribution is 5.79. The Morgan fingerprint density at radius 2 is 2.00 bits per heavy atom. The molecule has 2 atom stereocenters. The van der Waals surface area contributed by atoms with Crippen molar-refractivity contribution in [2.24, 2.45) is 0 Å². The molecule has 0 radical (unpaired) electrons. The van der Waals surface area contributed by atoms with Crippen molar-refractivity contribution < 1.29 is 20.1 Å². The van der Waals surface area contributed by atoms with Crippen LogP contribution in [0.2, 0.25) is 0 Å². The molecule has 1 rings (SSSR count). The van der Waals surface area contributed by atoms with Crippen molar-refractivity contribution in [3.8, 4) is 0 Å². The molecule has 0 saturated carbocycles. The molecule has 8 heteroatoms. The van der Waals surface area contributed by atoms with Gasteiger partial charge in [0.25, 0.3) is 5.56 Å². The fourth-order valence-electron chi connectivity index (χ4n) is 1.29. The number of aromatic amines is 1. The summed E-state index contributed by atoms with van der Waals surface area (Å²) in [6.45, 7) is 0.717. The van der Waals surface area contributed by atoms with Gasteiger partial charge in [0, 0.05) is 11.8 Å². The summed E-state index contributed by atoms with van der Waals surface area (Å²) in [5.74, 6) is -0.792. The minimum absolute atomic E-state index is 0.167. The van der Waals surface area contributed by atoms with Crippen LogP contribution in [0.25, 0.3) is 0 Å². The van der Waals surface area contributed by atoms with Crippen molar-refractivity contribution in [3.63, 3.8) is 0 Å². The maximum atomic E-state index is 11.6. The van der Waals surface area contributed by atoms with E-state index in [0.29, 0.717) is 4.57 Å². The Kier molecular flexibility index (Phi) is 4.54. The van der Waals surface area contributed by atoms with Crippen LogP contribution in [-0.4, -0.2) is 49.6 Å². The molecule has 1 heterocycles. The molecular formula is C10H14N2O6. The molecule has 0 saturated heterocycles. The van der Waals surface area contributed by atoms with Gasteiger partial charge >= 0.3 is 5.69 Å². The van der Waals surface area contributed by atoms with Crippen molar-refractivity contribution in [2.75, 3.05) is 6.61 Å². The van der Waals surface area contributed by atoms with Gasteiger partial charge in [0.1, 0.15) is 6.10 Å². The standard InChI is InChI=1S/C10H14N2O6/c1-5-3-12(10(18)11-9(5)17)8(16)2-6(14)7(15)4-13/h3,6-7,13-15H,2,4H2,1H3,(H,11,17,18). The van der Waals surface area contributed by atoms with Crippen LogP contribution >= 0.6 is 0 Å². The minimum Gasteiger partial charge on any atom is -0.394 e. The number of H-pyrrole nitrogens is 1. The highest BCUT2D eigenvalue weighted by Crippen LogP contribution is 2.00. The van der Waals surface area contributed by atoms with Crippen LogP contribution in [-0.2, 0) is 0 Å². The molecule has 0 aliphatic heterocycles. The maximum absolute atomic E-state index is 11.6. The molecule has 8 nitrogen and oxygen atoms in total. The van der Waals surface area contributed by atoms with E-state index < -0.39 is 42.4 Å². The van der Waals surface area contributed by atoms with Gasteiger partial charge in [-0.1, -0.05) is 0 Å². The van der Waals surface area contributed by atoms with Gasteiger partial charge in [-0.15, -0.1) is 0 Å². The fraction of sp³-hybridized carbons (Fsp3) is 0.500. The second-order valence-electron chi connectivity index (χ2n) is 3.86. The molecule has 18 heavy (non-hydrogen) atoms. The van der Waals surface area contributed by atoms with Crippen LogP contribution in [0.1, 0.15) is 16.8 Å². The first-order valence-corrected chi connectivity index (χ1v) is 5.19. The van der Waals surface area contributed by atoms with Gasteiger partial charge in [-0.05, 0) is 6.92 Å². The summed E-state index contributed by atoms with van der Waals surface area (Å²) >= 11 is 0. The lowest BCUT2D eigenvalue weighted by Gasteiger charge is -2.14. The van der Waals surface area contributed by atoms with E-state index in [2.05, 4.69) is 0 Å². The second-order valence-corrected chi connectivity index (χ2v) is 3.86. The summed E-state index contributed by atoms with van der Waals surface area (Å²) in [6.07, 6.45) is -2.44. The summed E-state index contributed by atoms with van der Waals surface area (Å²) in [5.41, 5.74) is -1.35. The Labute approximate surface area is 101 Å². The van der Waals surface area contributed by atoms with E-state index in [1.54, 1.807) is 0 Å². The number of aryl methyl sites for hydroxylation is 1. The van der Waals surface area contributed by atoms with E-state index in [4.69, 9.17) is 10.2 Å². The molecule has 1 aromatic heterocycles. The van der Waals surface area contributed by atoms with Crippen molar-refractivity contribution in [1.29, 1.82) is 0 Å². The second kappa shape index (κ2) is 5.71. The summed E-state index contributed by atoms with van der Waals surface area (Å²) in [6, 6.07) is 0. The van der Waals surface area contributed by atoms with Gasteiger partial charge in [-0.3, -0.25) is 14.6 Å². The number of rotatable bonds is 4. The van der Waals surface area contributed by atoms with Crippen LogP contribution in [0.4, 0.5) is 0 Å². The van der Waals surface area contributed by atoms with Crippen molar-refractivity contribution in [3.05, 3.63) is 32.6 Å². The van der Waals surface area contributed by atoms with Gasteiger partial charge in [0.15, 0.2) is 0 Å². The average molecular weight is 258 g/mol. The first kappa shape index (κ1) is 14.3. The zero-order chi connectivity index (χ0) is 13.9. The third kappa shape index (κ3) is 3.13. The zero-order valence-corrected chi connectivity index (χ0v) is 9.66. The highest BCUT2D eigenvalue weighted by atomic mass is 16.4. The number of hydrogen-bond acceptors (Lipinski definition) is 6. The Morgan fingerprint density at radius 3 is 2.56 bits per heavy atom. The number of nitrogens with one attached hydrogen (secondary N) is 1. The van der Waals surface area contributed by atoms with Crippen LogP contribution in [0.15, 0.2) is 15.8 Å². The largest absolute Gasteiger partial charge is 0.394 e. The lowest BCUT2D eigenvalue weighted by atomic mass is 10.1. The summed E-state index contributed by atoms with van der Waals surface area (Å²) in [4.78, 5) is 36.0. The van der Waals surface area contributed by atoms with Crippen LogP contribution in [0.3, 0.4) is 0 Å². The lowest BCUT2D eigenvalue weighted by molar-refractivity contribution is -0.0160. The third-order valence-electron chi connectivity index (χ3n) is 2.40. The van der Waals surface area contributed by atoms with Crippen molar-refractivity contribution >= 4 is 5.91 Å². The van der Waals surface area contributed by atoms with Crippen molar-refractivity contribution in [1.82, 2.24) is 9.55 Å². The monoisotopic (exact) mass is 258 g/mol. The molecule has 100 valence electrons. The number of aliphatic hydroxyl groups excluding tert-OH is 3. The molecule has 0 aliphatic rings. The van der Waals surface area contributed by atoms with Gasteiger partial charge in [-0.25, -0.2) is 9.36 Å². The fourth-order valence-corrected chi connectivity index (χ4v) is 1.29. The Morgan fingerprint density at radius 1 is 1.39 bits per heavy atom. The average Bonchev–Trinajstić information content (AvgIpc) is 2.32. The molecule has 0 amide bonds. The predicted molar refractivity (Wildman–Crippen MR) is 60.4 cm³/mol. The van der Waals surface area contributed by atoms with E-state index in [-0.39, 0.29) is 5.56 Å². The van der Waals surface area contributed by atoms with E-state index in [9.17, 15) is 19.5 Å².